The molecule has 0 spiro atoms. The molecule has 0 N–H and O–H groups in total. The van der Waals surface area contributed by atoms with Crippen LogP contribution in [0.15, 0.2) is 57.9 Å². The van der Waals surface area contributed by atoms with Gasteiger partial charge in [-0.1, -0.05) is 22.0 Å². The number of likely N-dealkylation sites (N-methyl/N-ethyl adjacent to an activating group) is 1. The molecule has 0 fully saturated rings. The molecule has 0 aliphatic heterocycles. The van der Waals surface area contributed by atoms with Crippen LogP contribution >= 0.6 is 15.9 Å². The van der Waals surface area contributed by atoms with Gasteiger partial charge in [0, 0.05) is 31.2 Å². The molecule has 1 amide bonds. The lowest BCUT2D eigenvalue weighted by molar-refractivity contribution is 0.0773. The summed E-state index contributed by atoms with van der Waals surface area (Å²) >= 11 is 3.36. The number of rotatable bonds is 7. The van der Waals surface area contributed by atoms with Gasteiger partial charge in [0.1, 0.15) is 12.4 Å². The van der Waals surface area contributed by atoms with Crippen LogP contribution in [0.1, 0.15) is 10.4 Å². The molecule has 0 atom stereocenters. The molecule has 0 unspecified atom stereocenters. The molecule has 0 bridgehead atoms. The van der Waals surface area contributed by atoms with Crippen molar-refractivity contribution in [2.75, 3.05) is 34.3 Å². The highest BCUT2D eigenvalue weighted by atomic mass is 79.9. The molecule has 140 valence electrons. The van der Waals surface area contributed by atoms with Crippen molar-refractivity contribution >= 4 is 31.9 Å². The summed E-state index contributed by atoms with van der Waals surface area (Å²) in [7, 11) is 0.980. The first-order chi connectivity index (χ1) is 12.2. The van der Waals surface area contributed by atoms with E-state index in [-0.39, 0.29) is 10.8 Å². The maximum Gasteiger partial charge on any atom is 0.253 e. The first-order valence-electron chi connectivity index (χ1n) is 7.88. The van der Waals surface area contributed by atoms with E-state index in [9.17, 15) is 13.2 Å². The smallest absolute Gasteiger partial charge is 0.253 e. The Morgan fingerprint density at radius 1 is 1.08 bits per heavy atom. The Balaban J connectivity index is 2.00. The maximum absolute atomic E-state index is 12.5. The van der Waals surface area contributed by atoms with E-state index in [2.05, 4.69) is 15.9 Å². The van der Waals surface area contributed by atoms with Crippen LogP contribution in [0.5, 0.6) is 5.75 Å². The number of benzene rings is 2. The minimum Gasteiger partial charge on any atom is -0.492 e. The minimum absolute atomic E-state index is 0.0906. The molecule has 2 aromatic rings. The van der Waals surface area contributed by atoms with Gasteiger partial charge >= 0.3 is 0 Å². The van der Waals surface area contributed by atoms with Gasteiger partial charge in [0.05, 0.1) is 11.4 Å². The van der Waals surface area contributed by atoms with E-state index in [1.165, 1.54) is 31.1 Å². The van der Waals surface area contributed by atoms with Crippen molar-refractivity contribution in [1.82, 2.24) is 9.21 Å². The quantitative estimate of drug-likeness (QED) is 0.663. The third kappa shape index (κ3) is 5.06. The number of hydrogen-bond acceptors (Lipinski definition) is 4. The average molecular weight is 441 g/mol. The molecule has 0 heterocycles. The third-order valence-electron chi connectivity index (χ3n) is 3.72. The number of sulfonamides is 1. The van der Waals surface area contributed by atoms with Crippen LogP contribution in [-0.2, 0) is 10.0 Å². The number of carbonyl (C=O) groups is 1. The molecule has 8 heteroatoms. The fourth-order valence-electron chi connectivity index (χ4n) is 2.15. The number of hydrogen-bond donors (Lipinski definition) is 0. The number of amides is 1. The third-order valence-corrected chi connectivity index (χ3v) is 6.06. The molecule has 0 saturated heterocycles. The standard InChI is InChI=1S/C18H21BrN2O4S/c1-20(2)26(23,24)17-6-4-5-14(13-17)18(22)21(3)11-12-25-16-9-7-15(19)8-10-16/h4-10,13H,11-12H2,1-3H3. The zero-order valence-electron chi connectivity index (χ0n) is 14.8. The molecule has 0 aliphatic carbocycles. The van der Waals surface area contributed by atoms with E-state index >= 15 is 0 Å². The highest BCUT2D eigenvalue weighted by Gasteiger charge is 2.20. The number of halogens is 1. The second-order valence-corrected chi connectivity index (χ2v) is 8.91. The zero-order valence-corrected chi connectivity index (χ0v) is 17.2. The van der Waals surface area contributed by atoms with Crippen LogP contribution in [-0.4, -0.2) is 57.8 Å². The van der Waals surface area contributed by atoms with Gasteiger partial charge in [-0.3, -0.25) is 4.79 Å². The van der Waals surface area contributed by atoms with Crippen LogP contribution in [0.25, 0.3) is 0 Å². The van der Waals surface area contributed by atoms with Gasteiger partial charge in [-0.15, -0.1) is 0 Å². The van der Waals surface area contributed by atoms with Crippen molar-refractivity contribution in [3.63, 3.8) is 0 Å². The second-order valence-electron chi connectivity index (χ2n) is 5.84. The van der Waals surface area contributed by atoms with E-state index < -0.39 is 10.0 Å². The maximum atomic E-state index is 12.5. The van der Waals surface area contributed by atoms with Crippen LogP contribution < -0.4 is 4.74 Å². The van der Waals surface area contributed by atoms with Gasteiger partial charge in [-0.2, -0.15) is 0 Å². The van der Waals surface area contributed by atoms with Crippen molar-refractivity contribution < 1.29 is 17.9 Å². The first-order valence-corrected chi connectivity index (χ1v) is 10.1. The lowest BCUT2D eigenvalue weighted by Gasteiger charge is -2.18. The topological polar surface area (TPSA) is 66.9 Å². The number of ether oxygens (including phenoxy) is 1. The molecule has 0 radical (unpaired) electrons. The number of carbonyl (C=O) groups excluding carboxylic acids is 1. The van der Waals surface area contributed by atoms with Crippen molar-refractivity contribution in [2.45, 2.75) is 4.90 Å². The Morgan fingerprint density at radius 3 is 2.35 bits per heavy atom. The Labute approximate surface area is 162 Å². The Kier molecular flexibility index (Phi) is 6.80. The summed E-state index contributed by atoms with van der Waals surface area (Å²) in [6.45, 7) is 0.707. The van der Waals surface area contributed by atoms with Crippen LogP contribution in [0.3, 0.4) is 0 Å². The fraction of sp³-hybridized carbons (Fsp3) is 0.278. The molecule has 0 aromatic heterocycles. The Hall–Kier alpha value is -1.90. The van der Waals surface area contributed by atoms with Gasteiger partial charge in [-0.05, 0) is 42.5 Å². The van der Waals surface area contributed by atoms with E-state index in [0.29, 0.717) is 24.5 Å². The largest absolute Gasteiger partial charge is 0.492 e. The molecule has 0 saturated carbocycles. The first kappa shape index (κ1) is 20.4. The van der Waals surface area contributed by atoms with Crippen molar-refractivity contribution in [2.24, 2.45) is 0 Å². The normalized spacial score (nSPS) is 11.4. The lowest BCUT2D eigenvalue weighted by Crippen LogP contribution is -2.31. The van der Waals surface area contributed by atoms with Gasteiger partial charge in [0.15, 0.2) is 0 Å². The summed E-state index contributed by atoms with van der Waals surface area (Å²) in [6, 6.07) is 13.5. The molecule has 2 aromatic carbocycles. The lowest BCUT2D eigenvalue weighted by atomic mass is 10.2. The average Bonchev–Trinajstić information content (AvgIpc) is 2.62. The second kappa shape index (κ2) is 8.66. The number of nitrogens with zero attached hydrogens (tertiary/aromatic N) is 2. The summed E-state index contributed by atoms with van der Waals surface area (Å²) in [5.41, 5.74) is 0.319. The SMILES string of the molecule is CN(CCOc1ccc(Br)cc1)C(=O)c1cccc(S(=O)(=O)N(C)C)c1. The molecular formula is C18H21BrN2O4S. The predicted octanol–water partition coefficient (Wildman–Crippen LogP) is 2.85. The van der Waals surface area contributed by atoms with Gasteiger partial charge in [0.2, 0.25) is 10.0 Å². The van der Waals surface area contributed by atoms with Gasteiger partial charge < -0.3 is 9.64 Å². The van der Waals surface area contributed by atoms with E-state index in [4.69, 9.17) is 4.74 Å². The fourth-order valence-corrected chi connectivity index (χ4v) is 3.37. The minimum atomic E-state index is -3.58. The van der Waals surface area contributed by atoms with E-state index in [1.54, 1.807) is 19.2 Å². The zero-order chi connectivity index (χ0) is 19.3. The molecule has 26 heavy (non-hydrogen) atoms. The van der Waals surface area contributed by atoms with E-state index in [0.717, 1.165) is 8.78 Å². The van der Waals surface area contributed by atoms with Crippen molar-refractivity contribution in [3.05, 3.63) is 58.6 Å². The molecular weight excluding hydrogens is 420 g/mol. The van der Waals surface area contributed by atoms with Crippen LogP contribution in [0.2, 0.25) is 0 Å². The van der Waals surface area contributed by atoms with Crippen molar-refractivity contribution in [3.8, 4) is 5.75 Å². The van der Waals surface area contributed by atoms with Gasteiger partial charge in [-0.25, -0.2) is 12.7 Å². The Bertz CT molecular complexity index is 867. The van der Waals surface area contributed by atoms with E-state index in [1.807, 2.05) is 24.3 Å². The monoisotopic (exact) mass is 440 g/mol. The molecule has 2 rings (SSSR count). The highest BCUT2D eigenvalue weighted by molar-refractivity contribution is 9.10. The van der Waals surface area contributed by atoms with Crippen molar-refractivity contribution in [1.29, 1.82) is 0 Å². The highest BCUT2D eigenvalue weighted by Crippen LogP contribution is 2.17. The van der Waals surface area contributed by atoms with Crippen LogP contribution in [0.4, 0.5) is 0 Å². The molecule has 0 aliphatic rings. The summed E-state index contributed by atoms with van der Waals surface area (Å²) < 4.78 is 32.1. The summed E-state index contributed by atoms with van der Waals surface area (Å²) in [6.07, 6.45) is 0. The van der Waals surface area contributed by atoms with Gasteiger partial charge in [0.25, 0.3) is 5.91 Å². The predicted molar refractivity (Wildman–Crippen MR) is 104 cm³/mol. The van der Waals surface area contributed by atoms with Crippen LogP contribution in [0, 0.1) is 0 Å². The summed E-state index contributed by atoms with van der Waals surface area (Å²) in [5, 5.41) is 0. The molecule has 6 nitrogen and oxygen atoms in total. The Morgan fingerprint density at radius 2 is 1.73 bits per heavy atom. The summed E-state index contributed by atoms with van der Waals surface area (Å²) in [4.78, 5) is 14.1. The summed E-state index contributed by atoms with van der Waals surface area (Å²) in [5.74, 6) is 0.452.